The van der Waals surface area contributed by atoms with E-state index < -0.39 is 24.0 Å². The first-order valence-electron chi connectivity index (χ1n) is 14.3. The number of hydrogen-bond acceptors (Lipinski definition) is 4. The molecule has 6 nitrogen and oxygen atoms in total. The first-order chi connectivity index (χ1) is 20.2. The number of carbonyl (C=O) groups excluding carboxylic acids is 2. The van der Waals surface area contributed by atoms with E-state index in [1.165, 1.54) is 10.6 Å². The molecule has 5 rings (SSSR count). The van der Waals surface area contributed by atoms with Crippen molar-refractivity contribution in [3.8, 4) is 11.1 Å². The van der Waals surface area contributed by atoms with Crippen molar-refractivity contribution in [2.45, 2.75) is 30.9 Å². The fraction of sp³-hybridized carbons (Fsp3) is 0.394. The van der Waals surface area contributed by atoms with Gasteiger partial charge >= 0.3 is 6.18 Å². The molecule has 42 heavy (non-hydrogen) atoms. The molecule has 3 aromatic rings. The van der Waals surface area contributed by atoms with Crippen molar-refractivity contribution in [3.63, 3.8) is 0 Å². The van der Waals surface area contributed by atoms with Crippen LogP contribution in [0.1, 0.15) is 30.4 Å². The number of alkyl halides is 3. The van der Waals surface area contributed by atoms with Gasteiger partial charge in [-0.25, -0.2) is 0 Å². The summed E-state index contributed by atoms with van der Waals surface area (Å²) in [5.41, 5.74) is 3.58. The predicted octanol–water partition coefficient (Wildman–Crippen LogP) is 5.33. The number of piperazine rings is 1. The van der Waals surface area contributed by atoms with Crippen molar-refractivity contribution in [2.75, 3.05) is 58.3 Å². The molecule has 0 saturated carbocycles. The number of hydrogen-bond donors (Lipinski definition) is 1. The third-order valence-electron chi connectivity index (χ3n) is 7.88. The Morgan fingerprint density at radius 1 is 0.857 bits per heavy atom. The van der Waals surface area contributed by atoms with Crippen LogP contribution in [0.5, 0.6) is 0 Å². The van der Waals surface area contributed by atoms with Crippen LogP contribution < -0.4 is 10.2 Å². The molecule has 1 aliphatic heterocycles. The molecule has 1 fully saturated rings. The van der Waals surface area contributed by atoms with Crippen LogP contribution in [0.2, 0.25) is 0 Å². The Bertz CT molecular complexity index is 1280. The molecular weight excluding hydrogens is 541 g/mol. The van der Waals surface area contributed by atoms with E-state index in [9.17, 15) is 22.8 Å². The van der Waals surface area contributed by atoms with Gasteiger partial charge in [0.2, 0.25) is 12.3 Å². The SMILES string of the molecule is CN(C)C=O.O=C(NCC(F)(F)F)C1(CCCCN2CCN(c3ccccc3)CC2)c2ccccc2-c2ccccc21. The monoisotopic (exact) mass is 580 g/mol. The van der Waals surface area contributed by atoms with Crippen molar-refractivity contribution < 1.29 is 22.8 Å². The molecule has 0 radical (unpaired) electrons. The van der Waals surface area contributed by atoms with Crippen molar-refractivity contribution in [1.82, 2.24) is 15.1 Å². The minimum absolute atomic E-state index is 0.467. The Balaban J connectivity index is 0.000000748. The maximum absolute atomic E-state index is 13.6. The number of unbranched alkanes of at least 4 members (excludes halogenated alkanes) is 1. The zero-order valence-corrected chi connectivity index (χ0v) is 24.2. The second-order valence-electron chi connectivity index (χ2n) is 11.0. The normalized spacial score (nSPS) is 15.6. The molecule has 0 unspecified atom stereocenters. The van der Waals surface area contributed by atoms with Crippen molar-refractivity contribution >= 4 is 18.0 Å². The highest BCUT2D eigenvalue weighted by Gasteiger charge is 2.49. The van der Waals surface area contributed by atoms with Crippen LogP contribution in [0.3, 0.4) is 0 Å². The Morgan fingerprint density at radius 3 is 1.90 bits per heavy atom. The second kappa shape index (κ2) is 13.9. The molecule has 9 heteroatoms. The van der Waals surface area contributed by atoms with E-state index in [1.807, 2.05) is 54.6 Å². The topological polar surface area (TPSA) is 55.9 Å². The van der Waals surface area contributed by atoms with Gasteiger partial charge in [-0.15, -0.1) is 0 Å². The van der Waals surface area contributed by atoms with E-state index in [-0.39, 0.29) is 0 Å². The fourth-order valence-electron chi connectivity index (χ4n) is 5.88. The maximum atomic E-state index is 13.6. The summed E-state index contributed by atoms with van der Waals surface area (Å²) < 4.78 is 39.1. The summed E-state index contributed by atoms with van der Waals surface area (Å²) in [6.07, 6.45) is -1.63. The van der Waals surface area contributed by atoms with Crippen LogP contribution in [-0.4, -0.2) is 81.7 Å². The van der Waals surface area contributed by atoms with Gasteiger partial charge in [-0.05, 0) is 53.8 Å². The molecule has 1 heterocycles. The highest BCUT2D eigenvalue weighted by Crippen LogP contribution is 2.51. The number of nitrogens with one attached hydrogen (secondary N) is 1. The van der Waals surface area contributed by atoms with Gasteiger partial charge in [-0.1, -0.05) is 73.2 Å². The summed E-state index contributed by atoms with van der Waals surface area (Å²) in [5.74, 6) is -0.571. The molecule has 3 aromatic carbocycles. The largest absolute Gasteiger partial charge is 0.405 e. The molecule has 0 atom stereocenters. The second-order valence-corrected chi connectivity index (χ2v) is 11.0. The summed E-state index contributed by atoms with van der Waals surface area (Å²) >= 11 is 0. The lowest BCUT2D eigenvalue weighted by Crippen LogP contribution is -2.47. The number of fused-ring (bicyclic) bond motifs is 3. The van der Waals surface area contributed by atoms with Gasteiger partial charge in [0.05, 0.1) is 0 Å². The van der Waals surface area contributed by atoms with Crippen LogP contribution >= 0.6 is 0 Å². The number of anilines is 1. The van der Waals surface area contributed by atoms with Crippen LogP contribution in [0.4, 0.5) is 18.9 Å². The molecule has 0 aromatic heterocycles. The average Bonchev–Trinajstić information content (AvgIpc) is 3.29. The van der Waals surface area contributed by atoms with Gasteiger partial charge < -0.3 is 15.1 Å². The van der Waals surface area contributed by atoms with E-state index in [2.05, 4.69) is 39.4 Å². The zero-order valence-electron chi connectivity index (χ0n) is 24.2. The van der Waals surface area contributed by atoms with E-state index in [1.54, 1.807) is 14.1 Å². The summed E-state index contributed by atoms with van der Waals surface area (Å²) in [4.78, 5) is 29.3. The highest BCUT2D eigenvalue weighted by atomic mass is 19.4. The number of halogens is 3. The third kappa shape index (κ3) is 7.31. The Hall–Kier alpha value is -3.85. The molecule has 1 N–H and O–H groups in total. The smallest absolute Gasteiger partial charge is 0.369 e. The number of amides is 2. The minimum atomic E-state index is -4.46. The van der Waals surface area contributed by atoms with Crippen LogP contribution in [0, 0.1) is 0 Å². The van der Waals surface area contributed by atoms with Gasteiger partial charge in [0.1, 0.15) is 12.0 Å². The summed E-state index contributed by atoms with van der Waals surface area (Å²) in [6, 6.07) is 25.7. The van der Waals surface area contributed by atoms with Gasteiger partial charge in [0.25, 0.3) is 0 Å². The lowest BCUT2D eigenvalue weighted by molar-refractivity contribution is -0.141. The van der Waals surface area contributed by atoms with E-state index in [4.69, 9.17) is 0 Å². The van der Waals surface area contributed by atoms with E-state index in [0.717, 1.165) is 74.2 Å². The van der Waals surface area contributed by atoms with E-state index in [0.29, 0.717) is 6.42 Å². The Morgan fingerprint density at radius 2 is 1.38 bits per heavy atom. The number of para-hydroxylation sites is 1. The van der Waals surface area contributed by atoms with Crippen molar-refractivity contribution in [1.29, 1.82) is 0 Å². The molecule has 0 bridgehead atoms. The molecule has 2 aliphatic rings. The van der Waals surface area contributed by atoms with E-state index >= 15 is 0 Å². The maximum Gasteiger partial charge on any atom is 0.405 e. The van der Waals surface area contributed by atoms with Crippen LogP contribution in [0.25, 0.3) is 11.1 Å². The predicted molar refractivity (Wildman–Crippen MR) is 160 cm³/mol. The van der Waals surface area contributed by atoms with Crippen LogP contribution in [-0.2, 0) is 15.0 Å². The van der Waals surface area contributed by atoms with Gasteiger partial charge in [0, 0.05) is 46.0 Å². The number of nitrogens with zero attached hydrogens (tertiary/aromatic N) is 3. The molecule has 0 spiro atoms. The quantitative estimate of drug-likeness (QED) is 0.275. The minimum Gasteiger partial charge on any atom is -0.369 e. The number of carbonyl (C=O) groups is 2. The van der Waals surface area contributed by atoms with Crippen molar-refractivity contribution in [3.05, 3.63) is 90.0 Å². The summed E-state index contributed by atoms with van der Waals surface area (Å²) in [7, 11) is 3.38. The first kappa shape index (κ1) is 31.1. The van der Waals surface area contributed by atoms with Gasteiger partial charge in [0.15, 0.2) is 0 Å². The summed E-state index contributed by atoms with van der Waals surface area (Å²) in [6.45, 7) is 3.45. The molecule has 2 amide bonds. The highest BCUT2D eigenvalue weighted by molar-refractivity contribution is 6.00. The van der Waals surface area contributed by atoms with Crippen LogP contribution in [0.15, 0.2) is 78.9 Å². The lowest BCUT2D eigenvalue weighted by Gasteiger charge is -2.36. The molecular formula is C33H39F3N4O2. The average molecular weight is 581 g/mol. The number of benzene rings is 3. The number of rotatable bonds is 9. The molecule has 1 aliphatic carbocycles. The Labute approximate surface area is 246 Å². The molecule has 224 valence electrons. The fourth-order valence-corrected chi connectivity index (χ4v) is 5.88. The Kier molecular flexibility index (Phi) is 10.3. The zero-order chi connectivity index (χ0) is 30.2. The molecule has 1 saturated heterocycles. The standard InChI is InChI=1S/C30H32F3N3O.C3H7NO/c31-30(32,33)22-34-28(37)29(26-14-6-4-12-24(26)25-13-5-7-15-27(25)29)16-8-9-17-35-18-20-36(21-19-35)23-10-2-1-3-11-23;1-4(2)3-5/h1-7,10-15H,8-9,16-22H2,(H,34,37);3H,1-2H3. The third-order valence-corrected chi connectivity index (χ3v) is 7.88. The lowest BCUT2D eigenvalue weighted by atomic mass is 9.73. The first-order valence-corrected chi connectivity index (χ1v) is 14.3. The van der Waals surface area contributed by atoms with Gasteiger partial charge in [-0.3, -0.25) is 14.5 Å². The van der Waals surface area contributed by atoms with Crippen molar-refractivity contribution in [2.24, 2.45) is 0 Å². The summed E-state index contributed by atoms with van der Waals surface area (Å²) in [5, 5.41) is 2.22. The van der Waals surface area contributed by atoms with Gasteiger partial charge in [-0.2, -0.15) is 13.2 Å².